The van der Waals surface area contributed by atoms with Crippen molar-refractivity contribution >= 4 is 39.9 Å². The van der Waals surface area contributed by atoms with Crippen LogP contribution in [-0.2, 0) is 22.3 Å². The van der Waals surface area contributed by atoms with Crippen molar-refractivity contribution in [2.75, 3.05) is 18.9 Å². The molecule has 32 heavy (non-hydrogen) atoms. The molecule has 1 aromatic heterocycles. The average molecular weight is 467 g/mol. The van der Waals surface area contributed by atoms with Crippen LogP contribution in [0.3, 0.4) is 0 Å². The maximum Gasteiger partial charge on any atom is 0.417 e. The number of hydrogen-bond donors (Lipinski definition) is 1. The van der Waals surface area contributed by atoms with Crippen molar-refractivity contribution in [1.29, 1.82) is 0 Å². The number of hydrogen-bond acceptors (Lipinski definition) is 4. The summed E-state index contributed by atoms with van der Waals surface area (Å²) in [4.78, 5) is 38.4. The van der Waals surface area contributed by atoms with Gasteiger partial charge in [-0.25, -0.2) is 4.68 Å². The Morgan fingerprint density at radius 1 is 1.16 bits per heavy atom. The highest BCUT2D eigenvalue weighted by atomic mass is 35.5. The number of halogens is 4. The number of carbonyl (C=O) groups excluding carboxylic acids is 2. The first kappa shape index (κ1) is 23.3. The lowest BCUT2D eigenvalue weighted by atomic mass is 10.1. The summed E-state index contributed by atoms with van der Waals surface area (Å²) in [6.45, 7) is 0.874. The fraction of sp³-hybridized carbons (Fsp3) is 0.238. The lowest BCUT2D eigenvalue weighted by molar-refractivity contribution is -0.137. The molecule has 11 heteroatoms. The Balaban J connectivity index is 1.69. The van der Waals surface area contributed by atoms with Crippen molar-refractivity contribution in [2.24, 2.45) is 0 Å². The Bertz CT molecular complexity index is 1260. The lowest BCUT2D eigenvalue weighted by Gasteiger charge is -2.18. The number of nitrogens with one attached hydrogen (secondary N) is 1. The molecular weight excluding hydrogens is 449 g/mol. The van der Waals surface area contributed by atoms with Crippen molar-refractivity contribution in [3.8, 4) is 0 Å². The highest BCUT2D eigenvalue weighted by Crippen LogP contribution is 2.36. The number of nitrogens with zero attached hydrogens (tertiary/aromatic N) is 3. The molecule has 168 valence electrons. The van der Waals surface area contributed by atoms with Crippen LogP contribution in [0.1, 0.15) is 11.3 Å². The normalized spacial score (nSPS) is 11.4. The molecule has 0 saturated carbocycles. The van der Waals surface area contributed by atoms with Gasteiger partial charge in [-0.3, -0.25) is 14.4 Å². The Morgan fingerprint density at radius 2 is 1.81 bits per heavy atom. The second kappa shape index (κ2) is 8.99. The van der Waals surface area contributed by atoms with Crippen molar-refractivity contribution in [1.82, 2.24) is 14.7 Å². The summed E-state index contributed by atoms with van der Waals surface area (Å²) in [5.41, 5.74) is -1.08. The average Bonchev–Trinajstić information content (AvgIpc) is 2.72. The third-order valence-electron chi connectivity index (χ3n) is 4.70. The van der Waals surface area contributed by atoms with E-state index in [4.69, 9.17) is 11.6 Å². The van der Waals surface area contributed by atoms with E-state index in [0.29, 0.717) is 22.5 Å². The number of aryl methyl sites for hydroxylation is 1. The topological polar surface area (TPSA) is 84.3 Å². The van der Waals surface area contributed by atoms with Crippen molar-refractivity contribution in [2.45, 2.75) is 19.6 Å². The summed E-state index contributed by atoms with van der Waals surface area (Å²) >= 11 is 5.56. The van der Waals surface area contributed by atoms with Gasteiger partial charge in [0.15, 0.2) is 0 Å². The molecule has 0 radical (unpaired) electrons. The summed E-state index contributed by atoms with van der Waals surface area (Å²) in [6, 6.07) is 9.81. The molecule has 2 amide bonds. The first-order valence-electron chi connectivity index (χ1n) is 9.34. The molecule has 1 N–H and O–H groups in total. The SMILES string of the molecule is Cc1nn(CC(=O)N(C)CC(=O)Nc2ccc(Cl)c(C(F)(F)F)c2)c(=O)c2ccccc12. The first-order chi connectivity index (χ1) is 15.0. The number of benzene rings is 2. The summed E-state index contributed by atoms with van der Waals surface area (Å²) in [6.07, 6.45) is -4.68. The van der Waals surface area contributed by atoms with Crippen LogP contribution in [0.4, 0.5) is 18.9 Å². The molecule has 1 heterocycles. The molecule has 2 aromatic carbocycles. The van der Waals surface area contributed by atoms with Gasteiger partial charge < -0.3 is 10.2 Å². The molecule has 0 saturated heterocycles. The van der Waals surface area contributed by atoms with E-state index in [-0.39, 0.29) is 5.69 Å². The van der Waals surface area contributed by atoms with Gasteiger partial charge >= 0.3 is 6.18 Å². The number of amides is 2. The molecule has 0 fully saturated rings. The molecule has 0 bridgehead atoms. The summed E-state index contributed by atoms with van der Waals surface area (Å²) in [5, 5.41) is 7.04. The predicted octanol–water partition coefficient (Wildman–Crippen LogP) is 3.47. The van der Waals surface area contributed by atoms with Gasteiger partial charge in [-0.15, -0.1) is 0 Å². The lowest BCUT2D eigenvalue weighted by Crippen LogP contribution is -2.39. The standard InChI is InChI=1S/C21H18ClF3N4O3/c1-12-14-5-3-4-6-15(14)20(32)29(27-12)11-19(31)28(2)10-18(30)26-13-7-8-17(22)16(9-13)21(23,24)25/h3-9H,10-11H2,1-2H3,(H,26,30). The third-order valence-corrected chi connectivity index (χ3v) is 5.03. The minimum Gasteiger partial charge on any atom is -0.335 e. The van der Waals surface area contributed by atoms with Gasteiger partial charge in [-0.1, -0.05) is 29.8 Å². The first-order valence-corrected chi connectivity index (χ1v) is 9.72. The van der Waals surface area contributed by atoms with Gasteiger partial charge in [0.2, 0.25) is 11.8 Å². The van der Waals surface area contributed by atoms with Gasteiger partial charge in [0.05, 0.1) is 28.2 Å². The van der Waals surface area contributed by atoms with E-state index in [2.05, 4.69) is 10.4 Å². The Labute approximate surface area is 185 Å². The molecule has 0 aliphatic rings. The third kappa shape index (κ3) is 5.08. The van der Waals surface area contributed by atoms with Crippen molar-refractivity contribution in [3.05, 3.63) is 69.1 Å². The molecule has 0 spiro atoms. The highest BCUT2D eigenvalue weighted by Gasteiger charge is 2.33. The largest absolute Gasteiger partial charge is 0.417 e. The summed E-state index contributed by atoms with van der Waals surface area (Å²) in [5.74, 6) is -1.29. The van der Waals surface area contributed by atoms with E-state index in [1.54, 1.807) is 31.2 Å². The van der Waals surface area contributed by atoms with E-state index >= 15 is 0 Å². The van der Waals surface area contributed by atoms with E-state index in [1.807, 2.05) is 0 Å². The summed E-state index contributed by atoms with van der Waals surface area (Å²) < 4.78 is 39.9. The minimum absolute atomic E-state index is 0.115. The second-order valence-electron chi connectivity index (χ2n) is 7.08. The number of anilines is 1. The quantitative estimate of drug-likeness (QED) is 0.624. The monoisotopic (exact) mass is 466 g/mol. The van der Waals surface area contributed by atoms with E-state index < -0.39 is 47.2 Å². The number of aromatic nitrogens is 2. The maximum absolute atomic E-state index is 13.0. The van der Waals surface area contributed by atoms with Crippen LogP contribution in [0.5, 0.6) is 0 Å². The van der Waals surface area contributed by atoms with Gasteiger partial charge in [-0.05, 0) is 31.2 Å². The zero-order chi connectivity index (χ0) is 23.6. The van der Waals surface area contributed by atoms with Crippen LogP contribution in [-0.4, -0.2) is 40.1 Å². The zero-order valence-corrected chi connectivity index (χ0v) is 17.8. The molecular formula is C21H18ClF3N4O3. The van der Waals surface area contributed by atoms with Crippen LogP contribution in [0, 0.1) is 6.92 Å². The van der Waals surface area contributed by atoms with E-state index in [1.165, 1.54) is 13.1 Å². The van der Waals surface area contributed by atoms with Crippen LogP contribution in [0.2, 0.25) is 5.02 Å². The predicted molar refractivity (Wildman–Crippen MR) is 113 cm³/mol. The van der Waals surface area contributed by atoms with Crippen LogP contribution in [0.15, 0.2) is 47.3 Å². The van der Waals surface area contributed by atoms with Gasteiger partial charge in [0.25, 0.3) is 5.56 Å². The van der Waals surface area contributed by atoms with Gasteiger partial charge in [0.1, 0.15) is 6.54 Å². The number of likely N-dealkylation sites (N-methyl/N-ethyl adjacent to an activating group) is 1. The van der Waals surface area contributed by atoms with Crippen LogP contribution >= 0.6 is 11.6 Å². The number of rotatable bonds is 5. The number of fused-ring (bicyclic) bond motifs is 1. The fourth-order valence-corrected chi connectivity index (χ4v) is 3.31. The molecule has 0 aliphatic heterocycles. The second-order valence-corrected chi connectivity index (χ2v) is 7.49. The smallest absolute Gasteiger partial charge is 0.335 e. The minimum atomic E-state index is -4.68. The molecule has 0 atom stereocenters. The zero-order valence-electron chi connectivity index (χ0n) is 17.0. The maximum atomic E-state index is 13.0. The molecule has 7 nitrogen and oxygen atoms in total. The molecule has 0 unspecified atom stereocenters. The van der Waals surface area contributed by atoms with Crippen LogP contribution < -0.4 is 10.9 Å². The van der Waals surface area contributed by atoms with E-state index in [0.717, 1.165) is 15.6 Å². The van der Waals surface area contributed by atoms with Crippen LogP contribution in [0.25, 0.3) is 10.8 Å². The van der Waals surface area contributed by atoms with Gasteiger partial charge in [0, 0.05) is 18.1 Å². The Morgan fingerprint density at radius 3 is 2.47 bits per heavy atom. The van der Waals surface area contributed by atoms with Crippen molar-refractivity contribution < 1.29 is 22.8 Å². The summed E-state index contributed by atoms with van der Waals surface area (Å²) in [7, 11) is 1.34. The molecule has 3 rings (SSSR count). The van der Waals surface area contributed by atoms with Crippen molar-refractivity contribution in [3.63, 3.8) is 0 Å². The van der Waals surface area contributed by atoms with E-state index in [9.17, 15) is 27.6 Å². The number of alkyl halides is 3. The molecule has 0 aliphatic carbocycles. The molecule has 3 aromatic rings. The Kier molecular flexibility index (Phi) is 6.54. The number of carbonyl (C=O) groups is 2. The Hall–Kier alpha value is -3.40. The fourth-order valence-electron chi connectivity index (χ4n) is 3.08. The van der Waals surface area contributed by atoms with Gasteiger partial charge in [-0.2, -0.15) is 18.3 Å². The highest BCUT2D eigenvalue weighted by molar-refractivity contribution is 6.31.